The molecule has 0 amide bonds. The van der Waals surface area contributed by atoms with E-state index in [0.717, 1.165) is 12.3 Å². The van der Waals surface area contributed by atoms with Gasteiger partial charge in [0, 0.05) is 9.75 Å². The lowest BCUT2D eigenvalue weighted by Crippen LogP contribution is -2.27. The molecule has 0 radical (unpaired) electrons. The van der Waals surface area contributed by atoms with E-state index < -0.39 is 0 Å². The highest BCUT2D eigenvalue weighted by molar-refractivity contribution is 7.12. The minimum absolute atomic E-state index is 0.324. The Morgan fingerprint density at radius 3 is 2.40 bits per heavy atom. The van der Waals surface area contributed by atoms with E-state index in [4.69, 9.17) is 5.84 Å². The average molecular weight is 226 g/mol. The van der Waals surface area contributed by atoms with Gasteiger partial charge in [-0.15, -0.1) is 11.3 Å². The average Bonchev–Trinajstić information content (AvgIpc) is 2.47. The molecule has 0 spiro atoms. The van der Waals surface area contributed by atoms with E-state index in [-0.39, 0.29) is 0 Å². The van der Waals surface area contributed by atoms with Crippen LogP contribution in [0.2, 0.25) is 0 Å². The number of nitrogens with two attached hydrogens (primary N) is 1. The molecule has 86 valence electrons. The van der Waals surface area contributed by atoms with Crippen molar-refractivity contribution in [3.63, 3.8) is 0 Å². The van der Waals surface area contributed by atoms with E-state index in [2.05, 4.69) is 39.2 Å². The lowest BCUT2D eigenvalue weighted by atomic mass is 10.0. The summed E-state index contributed by atoms with van der Waals surface area (Å²) >= 11 is 1.86. The monoisotopic (exact) mass is 226 g/mol. The molecule has 3 N–H and O–H groups in total. The molecule has 0 aromatic carbocycles. The third-order valence-corrected chi connectivity index (χ3v) is 4.03. The van der Waals surface area contributed by atoms with E-state index in [0.29, 0.717) is 6.04 Å². The summed E-state index contributed by atoms with van der Waals surface area (Å²) in [6.07, 6.45) is 2.33. The highest BCUT2D eigenvalue weighted by atomic mass is 32.1. The minimum atomic E-state index is 0.324. The first kappa shape index (κ1) is 12.7. The summed E-state index contributed by atoms with van der Waals surface area (Å²) in [5, 5.41) is 0. The lowest BCUT2D eigenvalue weighted by molar-refractivity contribution is 0.453. The van der Waals surface area contributed by atoms with Crippen LogP contribution < -0.4 is 11.3 Å². The molecule has 1 rings (SSSR count). The van der Waals surface area contributed by atoms with Gasteiger partial charge in [-0.3, -0.25) is 11.3 Å². The zero-order valence-electron chi connectivity index (χ0n) is 10.1. The Morgan fingerprint density at radius 1 is 1.33 bits per heavy atom. The number of nitrogens with one attached hydrogen (secondary N) is 1. The normalized spacial score (nSPS) is 13.5. The first-order valence-corrected chi connectivity index (χ1v) is 6.39. The highest BCUT2D eigenvalue weighted by Gasteiger charge is 2.13. The number of hydrazine groups is 1. The SMILES string of the molecule is Cc1cc(C(CCC(C)C)NN)sc1C. The highest BCUT2D eigenvalue weighted by Crippen LogP contribution is 2.29. The molecule has 0 saturated carbocycles. The fraction of sp³-hybridized carbons (Fsp3) is 0.667. The predicted molar refractivity (Wildman–Crippen MR) is 67.9 cm³/mol. The topological polar surface area (TPSA) is 38.0 Å². The van der Waals surface area contributed by atoms with Gasteiger partial charge in [0.2, 0.25) is 0 Å². The van der Waals surface area contributed by atoms with Crippen LogP contribution in [-0.2, 0) is 0 Å². The van der Waals surface area contributed by atoms with E-state index in [1.54, 1.807) is 0 Å². The maximum absolute atomic E-state index is 5.61. The van der Waals surface area contributed by atoms with Gasteiger partial charge in [0.05, 0.1) is 6.04 Å². The molecular formula is C12H22N2S. The van der Waals surface area contributed by atoms with Crippen LogP contribution in [0.4, 0.5) is 0 Å². The zero-order valence-corrected chi connectivity index (χ0v) is 10.9. The Kier molecular flexibility index (Phi) is 4.77. The predicted octanol–water partition coefficient (Wildman–Crippen LogP) is 3.31. The molecule has 0 fully saturated rings. The third kappa shape index (κ3) is 3.59. The molecule has 0 aliphatic heterocycles. The molecule has 2 nitrogen and oxygen atoms in total. The summed E-state index contributed by atoms with van der Waals surface area (Å²) in [7, 11) is 0. The smallest absolute Gasteiger partial charge is 0.0553 e. The van der Waals surface area contributed by atoms with Gasteiger partial charge < -0.3 is 0 Å². The van der Waals surface area contributed by atoms with E-state index in [1.165, 1.54) is 21.7 Å². The summed E-state index contributed by atoms with van der Waals surface area (Å²) in [5.74, 6) is 6.35. The molecule has 3 heteroatoms. The molecule has 1 heterocycles. The van der Waals surface area contributed by atoms with Crippen molar-refractivity contribution in [1.82, 2.24) is 5.43 Å². The van der Waals surface area contributed by atoms with E-state index in [9.17, 15) is 0 Å². The summed E-state index contributed by atoms with van der Waals surface area (Å²) in [5.41, 5.74) is 4.30. The molecule has 0 aliphatic rings. The molecule has 0 bridgehead atoms. The van der Waals surface area contributed by atoms with Crippen LogP contribution in [0.3, 0.4) is 0 Å². The number of hydrogen-bond donors (Lipinski definition) is 2. The Balaban J connectivity index is 2.65. The minimum Gasteiger partial charge on any atom is -0.271 e. The van der Waals surface area contributed by atoms with Gasteiger partial charge in [-0.1, -0.05) is 13.8 Å². The first-order valence-electron chi connectivity index (χ1n) is 5.57. The lowest BCUT2D eigenvalue weighted by Gasteiger charge is -2.15. The van der Waals surface area contributed by atoms with Crippen molar-refractivity contribution in [1.29, 1.82) is 0 Å². The largest absolute Gasteiger partial charge is 0.271 e. The van der Waals surface area contributed by atoms with Crippen LogP contribution in [0.25, 0.3) is 0 Å². The summed E-state index contributed by atoms with van der Waals surface area (Å²) in [6, 6.07) is 2.58. The van der Waals surface area contributed by atoms with Gasteiger partial charge in [0.15, 0.2) is 0 Å². The summed E-state index contributed by atoms with van der Waals surface area (Å²) in [6.45, 7) is 8.82. The standard InChI is InChI=1S/C12H22N2S/c1-8(2)5-6-11(14-13)12-7-9(3)10(4)15-12/h7-8,11,14H,5-6,13H2,1-4H3. The van der Waals surface area contributed by atoms with Gasteiger partial charge in [0.1, 0.15) is 0 Å². The quantitative estimate of drug-likeness (QED) is 0.597. The second-order valence-electron chi connectivity index (χ2n) is 4.58. The van der Waals surface area contributed by atoms with Crippen molar-refractivity contribution in [3.8, 4) is 0 Å². The van der Waals surface area contributed by atoms with Crippen LogP contribution in [-0.4, -0.2) is 0 Å². The second-order valence-corrected chi connectivity index (χ2v) is 5.87. The molecule has 0 saturated heterocycles. The van der Waals surface area contributed by atoms with Crippen LogP contribution in [0.1, 0.15) is 48.0 Å². The maximum Gasteiger partial charge on any atom is 0.0553 e. The van der Waals surface area contributed by atoms with Gasteiger partial charge in [-0.25, -0.2) is 0 Å². The first-order chi connectivity index (χ1) is 7.04. The molecule has 15 heavy (non-hydrogen) atoms. The fourth-order valence-electron chi connectivity index (χ4n) is 1.58. The van der Waals surface area contributed by atoms with Crippen molar-refractivity contribution in [2.45, 2.75) is 46.6 Å². The molecule has 1 aromatic heterocycles. The number of aryl methyl sites for hydroxylation is 2. The van der Waals surface area contributed by atoms with Crippen molar-refractivity contribution in [3.05, 3.63) is 21.4 Å². The number of thiophene rings is 1. The maximum atomic E-state index is 5.61. The molecular weight excluding hydrogens is 204 g/mol. The van der Waals surface area contributed by atoms with Crippen molar-refractivity contribution in [2.24, 2.45) is 11.8 Å². The number of rotatable bonds is 5. The molecule has 1 atom stereocenters. The van der Waals surface area contributed by atoms with Gasteiger partial charge >= 0.3 is 0 Å². The fourth-order valence-corrected chi connectivity index (χ4v) is 2.72. The van der Waals surface area contributed by atoms with E-state index >= 15 is 0 Å². The Labute approximate surface area is 96.9 Å². The van der Waals surface area contributed by atoms with E-state index in [1.807, 2.05) is 11.3 Å². The summed E-state index contributed by atoms with van der Waals surface area (Å²) < 4.78 is 0. The molecule has 1 unspecified atom stereocenters. The van der Waals surface area contributed by atoms with Crippen LogP contribution >= 0.6 is 11.3 Å². The Hall–Kier alpha value is -0.380. The van der Waals surface area contributed by atoms with Crippen LogP contribution in [0, 0.1) is 19.8 Å². The third-order valence-electron chi connectivity index (χ3n) is 2.76. The van der Waals surface area contributed by atoms with Crippen LogP contribution in [0.5, 0.6) is 0 Å². The van der Waals surface area contributed by atoms with Gasteiger partial charge in [-0.05, 0) is 44.2 Å². The Morgan fingerprint density at radius 2 is 2.00 bits per heavy atom. The van der Waals surface area contributed by atoms with Gasteiger partial charge in [-0.2, -0.15) is 0 Å². The zero-order chi connectivity index (χ0) is 11.4. The van der Waals surface area contributed by atoms with Crippen molar-refractivity contribution < 1.29 is 0 Å². The van der Waals surface area contributed by atoms with Crippen LogP contribution in [0.15, 0.2) is 6.07 Å². The van der Waals surface area contributed by atoms with Gasteiger partial charge in [0.25, 0.3) is 0 Å². The molecule has 0 aliphatic carbocycles. The second kappa shape index (κ2) is 5.64. The van der Waals surface area contributed by atoms with Crippen molar-refractivity contribution >= 4 is 11.3 Å². The number of hydrogen-bond acceptors (Lipinski definition) is 3. The van der Waals surface area contributed by atoms with Crippen molar-refractivity contribution in [2.75, 3.05) is 0 Å². The summed E-state index contributed by atoms with van der Waals surface area (Å²) in [4.78, 5) is 2.77. The Bertz CT molecular complexity index is 285. The molecule has 1 aromatic rings.